The molecule has 1 aliphatic heterocycles. The summed E-state index contributed by atoms with van der Waals surface area (Å²) in [4.78, 5) is 22.8. The molecule has 0 bridgehead atoms. The Morgan fingerprint density at radius 2 is 1.88 bits per heavy atom. The second-order valence-corrected chi connectivity index (χ2v) is 11.2. The fourth-order valence-corrected chi connectivity index (χ4v) is 6.63. The van der Waals surface area contributed by atoms with Gasteiger partial charge in [-0.05, 0) is 62.3 Å². The third-order valence-electron chi connectivity index (χ3n) is 5.21. The summed E-state index contributed by atoms with van der Waals surface area (Å²) in [7, 11) is -4.63. The van der Waals surface area contributed by atoms with Crippen molar-refractivity contribution < 1.29 is 22.7 Å². The number of carbonyl (C=O) groups excluding carboxylic acids is 1. The van der Waals surface area contributed by atoms with Crippen LogP contribution in [0.3, 0.4) is 0 Å². The Balaban J connectivity index is 1.69. The molecule has 0 radical (unpaired) electrons. The second-order valence-electron chi connectivity index (χ2n) is 7.41. The summed E-state index contributed by atoms with van der Waals surface area (Å²) < 4.78 is 32.9. The molecule has 1 saturated heterocycles. The van der Waals surface area contributed by atoms with Crippen molar-refractivity contribution in [2.75, 3.05) is 30.8 Å². The van der Waals surface area contributed by atoms with E-state index in [1.54, 1.807) is 18.2 Å². The van der Waals surface area contributed by atoms with Gasteiger partial charge in [-0.1, -0.05) is 18.2 Å². The molecule has 2 aromatic carbocycles. The fourth-order valence-electron chi connectivity index (χ4n) is 3.49. The molecule has 9 nitrogen and oxygen atoms in total. The standard InChI is InChI=1S/C21H26N3O6PS/c1-2-30-31-12-10-16(11-13-31)15-22-19-9-8-18(14-20(19)24(26)27)32(28,29)23-21(25)17-6-4-3-5-7-17/h3-9,14,16,22H,2,10-13,15H2,1H3,(H,23,25). The SMILES string of the molecule is CCOP1CCC(CNc2ccc(S(=O)(=O)NC(=O)c3ccccc3)cc2[N+](=O)[O-])CC1. The van der Waals surface area contributed by atoms with E-state index in [1.807, 2.05) is 11.6 Å². The van der Waals surface area contributed by atoms with Crippen LogP contribution in [0, 0.1) is 16.0 Å². The third kappa shape index (κ3) is 6.25. The van der Waals surface area contributed by atoms with E-state index >= 15 is 0 Å². The van der Waals surface area contributed by atoms with E-state index in [2.05, 4.69) is 5.32 Å². The first-order valence-electron chi connectivity index (χ1n) is 10.3. The Morgan fingerprint density at radius 1 is 1.19 bits per heavy atom. The largest absolute Gasteiger partial charge is 0.379 e. The lowest BCUT2D eigenvalue weighted by molar-refractivity contribution is -0.384. The van der Waals surface area contributed by atoms with Crippen molar-refractivity contribution >= 4 is 35.5 Å². The summed E-state index contributed by atoms with van der Waals surface area (Å²) in [5.41, 5.74) is 0.0674. The zero-order valence-electron chi connectivity index (χ0n) is 17.7. The highest BCUT2D eigenvalue weighted by Crippen LogP contribution is 2.44. The lowest BCUT2D eigenvalue weighted by Gasteiger charge is -2.28. The Hall–Kier alpha value is -2.55. The predicted molar refractivity (Wildman–Crippen MR) is 124 cm³/mol. The van der Waals surface area contributed by atoms with E-state index < -0.39 is 20.9 Å². The van der Waals surface area contributed by atoms with Gasteiger partial charge in [-0.2, -0.15) is 0 Å². The summed E-state index contributed by atoms with van der Waals surface area (Å²) in [6, 6.07) is 11.5. The van der Waals surface area contributed by atoms with Gasteiger partial charge in [-0.25, -0.2) is 13.1 Å². The van der Waals surface area contributed by atoms with Crippen LogP contribution in [-0.2, 0) is 14.5 Å². The normalized spacial score (nSPS) is 18.7. The van der Waals surface area contributed by atoms with Crippen LogP contribution in [0.25, 0.3) is 0 Å². The van der Waals surface area contributed by atoms with Crippen LogP contribution in [0.15, 0.2) is 53.4 Å². The van der Waals surface area contributed by atoms with Crippen molar-refractivity contribution in [1.29, 1.82) is 0 Å². The molecule has 0 atom stereocenters. The van der Waals surface area contributed by atoms with Gasteiger partial charge in [0.2, 0.25) is 0 Å². The van der Waals surface area contributed by atoms with Gasteiger partial charge in [0.05, 0.1) is 9.82 Å². The summed E-state index contributed by atoms with van der Waals surface area (Å²) in [6.45, 7) is 3.28. The summed E-state index contributed by atoms with van der Waals surface area (Å²) in [5, 5.41) is 14.7. The van der Waals surface area contributed by atoms with Crippen LogP contribution in [0.4, 0.5) is 11.4 Å². The minimum absolute atomic E-state index is 0.171. The minimum atomic E-state index is -4.27. The molecule has 0 saturated carbocycles. The molecular formula is C21H26N3O6PS. The number of hydrogen-bond donors (Lipinski definition) is 2. The van der Waals surface area contributed by atoms with Gasteiger partial charge < -0.3 is 9.84 Å². The maximum atomic E-state index is 12.6. The molecule has 1 fully saturated rings. The second kappa shape index (κ2) is 10.8. The molecule has 1 amide bonds. The monoisotopic (exact) mass is 479 g/mol. The molecular weight excluding hydrogens is 453 g/mol. The summed E-state index contributed by atoms with van der Waals surface area (Å²) in [5.74, 6) is -0.429. The highest BCUT2D eigenvalue weighted by molar-refractivity contribution is 7.90. The van der Waals surface area contributed by atoms with Crippen molar-refractivity contribution in [3.8, 4) is 0 Å². The number of sulfonamides is 1. The Morgan fingerprint density at radius 3 is 2.50 bits per heavy atom. The lowest BCUT2D eigenvalue weighted by Crippen LogP contribution is -2.30. The topological polar surface area (TPSA) is 128 Å². The van der Waals surface area contributed by atoms with E-state index in [0.29, 0.717) is 12.5 Å². The fraction of sp³-hybridized carbons (Fsp3) is 0.381. The zero-order valence-corrected chi connectivity index (χ0v) is 19.4. The first kappa shape index (κ1) is 24.1. The molecule has 0 aliphatic carbocycles. The van der Waals surface area contributed by atoms with E-state index in [4.69, 9.17) is 4.52 Å². The lowest BCUT2D eigenvalue weighted by atomic mass is 10.0. The third-order valence-corrected chi connectivity index (χ3v) is 8.67. The minimum Gasteiger partial charge on any atom is -0.379 e. The Labute approximate surface area is 188 Å². The van der Waals surface area contributed by atoms with Crippen LogP contribution in [-0.4, -0.2) is 44.7 Å². The van der Waals surface area contributed by atoms with Crippen LogP contribution in [0.5, 0.6) is 0 Å². The number of rotatable bonds is 9. The van der Waals surface area contributed by atoms with Gasteiger partial charge in [0.15, 0.2) is 0 Å². The number of nitrogens with one attached hydrogen (secondary N) is 2. The molecule has 0 spiro atoms. The van der Waals surface area contributed by atoms with E-state index in [9.17, 15) is 23.3 Å². The van der Waals surface area contributed by atoms with Gasteiger partial charge in [0, 0.05) is 32.9 Å². The van der Waals surface area contributed by atoms with Crippen molar-refractivity contribution in [3.05, 3.63) is 64.2 Å². The predicted octanol–water partition coefficient (Wildman–Crippen LogP) is 3.97. The van der Waals surface area contributed by atoms with Crippen molar-refractivity contribution in [1.82, 2.24) is 4.72 Å². The van der Waals surface area contributed by atoms with Crippen molar-refractivity contribution in [2.45, 2.75) is 24.7 Å². The molecule has 32 heavy (non-hydrogen) atoms. The van der Waals surface area contributed by atoms with Crippen LogP contribution in [0.1, 0.15) is 30.1 Å². The van der Waals surface area contributed by atoms with Crippen molar-refractivity contribution in [2.24, 2.45) is 5.92 Å². The van der Waals surface area contributed by atoms with E-state index in [-0.39, 0.29) is 30.0 Å². The van der Waals surface area contributed by atoms with Gasteiger partial charge in [-0.15, -0.1) is 0 Å². The Bertz CT molecular complexity index is 1060. The van der Waals surface area contributed by atoms with Gasteiger partial charge >= 0.3 is 0 Å². The molecule has 1 aliphatic rings. The number of hydrogen-bond acceptors (Lipinski definition) is 7. The first-order valence-corrected chi connectivity index (χ1v) is 13.4. The van der Waals surface area contributed by atoms with Gasteiger partial charge in [-0.3, -0.25) is 14.9 Å². The number of nitro groups is 1. The maximum absolute atomic E-state index is 12.6. The molecule has 2 aromatic rings. The highest BCUT2D eigenvalue weighted by atomic mass is 32.2. The molecule has 2 N–H and O–H groups in total. The highest BCUT2D eigenvalue weighted by Gasteiger charge is 2.25. The molecule has 0 aromatic heterocycles. The smallest absolute Gasteiger partial charge is 0.293 e. The molecule has 1 heterocycles. The number of benzene rings is 2. The number of nitrogens with zero attached hydrogens (tertiary/aromatic N) is 1. The van der Waals surface area contributed by atoms with Crippen LogP contribution >= 0.6 is 8.15 Å². The van der Waals surface area contributed by atoms with Crippen LogP contribution < -0.4 is 10.0 Å². The number of nitro benzene ring substituents is 1. The number of carbonyl (C=O) groups is 1. The number of anilines is 1. The average molecular weight is 479 g/mol. The van der Waals surface area contributed by atoms with E-state index in [0.717, 1.165) is 37.8 Å². The molecule has 3 rings (SSSR count). The average Bonchev–Trinajstić information content (AvgIpc) is 2.79. The maximum Gasteiger partial charge on any atom is 0.293 e. The van der Waals surface area contributed by atoms with Gasteiger partial charge in [0.25, 0.3) is 21.6 Å². The van der Waals surface area contributed by atoms with Crippen LogP contribution in [0.2, 0.25) is 0 Å². The molecule has 172 valence electrons. The van der Waals surface area contributed by atoms with Gasteiger partial charge in [0.1, 0.15) is 5.69 Å². The van der Waals surface area contributed by atoms with Crippen molar-refractivity contribution in [3.63, 3.8) is 0 Å². The summed E-state index contributed by atoms with van der Waals surface area (Å²) >= 11 is 0. The quantitative estimate of drug-likeness (QED) is 0.316. The molecule has 11 heteroatoms. The summed E-state index contributed by atoms with van der Waals surface area (Å²) in [6.07, 6.45) is 4.03. The Kier molecular flexibility index (Phi) is 8.17. The zero-order chi connectivity index (χ0) is 23.1. The molecule has 0 unspecified atom stereocenters. The first-order chi connectivity index (χ1) is 15.3. The number of amides is 1. The van der Waals surface area contributed by atoms with E-state index in [1.165, 1.54) is 24.3 Å².